The Morgan fingerprint density at radius 2 is 1.57 bits per heavy atom. The van der Waals surface area contributed by atoms with Crippen molar-refractivity contribution < 1.29 is 28.6 Å². The lowest BCUT2D eigenvalue weighted by Gasteiger charge is -2.34. The minimum Gasteiger partial charge on any atom is -0.494 e. The number of benzene rings is 2. The molecule has 2 aromatic heterocycles. The van der Waals surface area contributed by atoms with Crippen LogP contribution in [-0.4, -0.2) is 50.5 Å². The van der Waals surface area contributed by atoms with E-state index in [1.54, 1.807) is 71.9 Å². The first-order valence-corrected chi connectivity index (χ1v) is 16.4. The number of unbranched alkanes of at least 4 members (excludes halogenated alkanes) is 2. The first-order chi connectivity index (χ1) is 21.6. The minimum atomic E-state index is -2.08. The SMILES string of the molecule is CCCCCOc1ccc2cc(C(=O)CC(CCn3nnc4ccccc4c3=O)(C(=O)OC(C)(C)C)C(=O)OC(C)(C)C)sc2c1. The van der Waals surface area contributed by atoms with Gasteiger partial charge in [0.15, 0.2) is 11.2 Å². The van der Waals surface area contributed by atoms with Gasteiger partial charge in [0.1, 0.15) is 22.5 Å². The zero-order valence-electron chi connectivity index (χ0n) is 27.7. The zero-order chi connectivity index (χ0) is 33.7. The van der Waals surface area contributed by atoms with Crippen LogP contribution in [0.4, 0.5) is 0 Å². The van der Waals surface area contributed by atoms with Crippen molar-refractivity contribution in [3.63, 3.8) is 0 Å². The summed E-state index contributed by atoms with van der Waals surface area (Å²) in [5.74, 6) is -1.54. The van der Waals surface area contributed by atoms with Gasteiger partial charge < -0.3 is 14.2 Å². The van der Waals surface area contributed by atoms with Gasteiger partial charge in [-0.3, -0.25) is 19.2 Å². The Labute approximate surface area is 273 Å². The Bertz CT molecular complexity index is 1750. The highest BCUT2D eigenvalue weighted by Crippen LogP contribution is 2.38. The molecule has 0 spiro atoms. The fourth-order valence-corrected chi connectivity index (χ4v) is 5.91. The summed E-state index contributed by atoms with van der Waals surface area (Å²) in [6.45, 7) is 12.6. The number of hydrogen-bond donors (Lipinski definition) is 0. The number of ketones is 1. The van der Waals surface area contributed by atoms with Crippen LogP contribution in [0.1, 0.15) is 90.2 Å². The van der Waals surface area contributed by atoms with Gasteiger partial charge in [-0.05, 0) is 96.2 Å². The van der Waals surface area contributed by atoms with Gasteiger partial charge in [-0.2, -0.15) is 0 Å². The number of carbonyl (C=O) groups excluding carboxylic acids is 3. The molecule has 2 aromatic carbocycles. The van der Waals surface area contributed by atoms with E-state index in [1.807, 2.05) is 18.2 Å². The highest BCUT2D eigenvalue weighted by atomic mass is 32.1. The van der Waals surface area contributed by atoms with E-state index < -0.39 is 46.3 Å². The molecule has 0 N–H and O–H groups in total. The van der Waals surface area contributed by atoms with Crippen LogP contribution in [-0.2, 0) is 25.6 Å². The lowest BCUT2D eigenvalue weighted by Crippen LogP contribution is -2.49. The average molecular weight is 650 g/mol. The van der Waals surface area contributed by atoms with Crippen LogP contribution in [0.15, 0.2) is 53.3 Å². The molecule has 0 amide bonds. The topological polar surface area (TPSA) is 127 Å². The van der Waals surface area contributed by atoms with Crippen molar-refractivity contribution in [2.75, 3.05) is 6.61 Å². The summed E-state index contributed by atoms with van der Waals surface area (Å²) < 4.78 is 19.4. The summed E-state index contributed by atoms with van der Waals surface area (Å²) in [4.78, 5) is 55.7. The standard InChI is InChI=1S/C35H43N3O7S/c1-8-9-12-19-43-24-16-15-23-20-29(46-28(23)21-24)27(39)22-35(31(41)44-33(2,3)4,32(42)45-34(5,6)7)17-18-38-30(40)25-13-10-11-14-26(25)36-37-38/h10-11,13-16,20-21H,8-9,12,17-19,22H2,1-7H3. The molecule has 2 heterocycles. The molecule has 11 heteroatoms. The molecule has 46 heavy (non-hydrogen) atoms. The average Bonchev–Trinajstić information content (AvgIpc) is 3.40. The third-order valence-corrected chi connectivity index (χ3v) is 8.34. The molecule has 4 aromatic rings. The Hall–Kier alpha value is -4.12. The van der Waals surface area contributed by atoms with Gasteiger partial charge in [-0.25, -0.2) is 4.68 Å². The van der Waals surface area contributed by atoms with Crippen molar-refractivity contribution in [1.82, 2.24) is 15.0 Å². The van der Waals surface area contributed by atoms with Crippen molar-refractivity contribution in [3.05, 3.63) is 63.8 Å². The van der Waals surface area contributed by atoms with E-state index >= 15 is 0 Å². The predicted molar refractivity (Wildman–Crippen MR) is 178 cm³/mol. The first-order valence-electron chi connectivity index (χ1n) is 15.6. The van der Waals surface area contributed by atoms with Crippen LogP contribution in [0.2, 0.25) is 0 Å². The Morgan fingerprint density at radius 3 is 2.22 bits per heavy atom. The molecule has 0 unspecified atom stereocenters. The summed E-state index contributed by atoms with van der Waals surface area (Å²) in [5.41, 5.74) is -4.04. The van der Waals surface area contributed by atoms with E-state index in [0.717, 1.165) is 34.0 Å². The zero-order valence-corrected chi connectivity index (χ0v) is 28.5. The number of rotatable bonds is 13. The fourth-order valence-electron chi connectivity index (χ4n) is 4.88. The van der Waals surface area contributed by atoms with Crippen LogP contribution in [0.5, 0.6) is 5.75 Å². The number of nitrogens with zero attached hydrogens (tertiary/aromatic N) is 3. The van der Waals surface area contributed by atoms with Gasteiger partial charge in [-0.15, -0.1) is 16.4 Å². The Kier molecular flexibility index (Phi) is 10.7. The molecule has 0 aliphatic carbocycles. The van der Waals surface area contributed by atoms with Crippen molar-refractivity contribution in [1.29, 1.82) is 0 Å². The molecule has 0 saturated heterocycles. The summed E-state index contributed by atoms with van der Waals surface area (Å²) in [5, 5.41) is 9.34. The van der Waals surface area contributed by atoms with E-state index in [0.29, 0.717) is 28.1 Å². The Morgan fingerprint density at radius 1 is 0.891 bits per heavy atom. The van der Waals surface area contributed by atoms with Gasteiger partial charge in [0.05, 0.1) is 16.9 Å². The second-order valence-electron chi connectivity index (χ2n) is 13.4. The largest absolute Gasteiger partial charge is 0.494 e. The van der Waals surface area contributed by atoms with Crippen LogP contribution < -0.4 is 10.3 Å². The third-order valence-electron chi connectivity index (χ3n) is 7.20. The maximum absolute atomic E-state index is 14.0. The van der Waals surface area contributed by atoms with E-state index in [-0.39, 0.29) is 13.0 Å². The molecule has 0 aliphatic rings. The number of thiophene rings is 1. The van der Waals surface area contributed by atoms with Crippen LogP contribution in [0.3, 0.4) is 0 Å². The predicted octanol–water partition coefficient (Wildman–Crippen LogP) is 6.91. The summed E-state index contributed by atoms with van der Waals surface area (Å²) in [7, 11) is 0. The Balaban J connectivity index is 1.72. The van der Waals surface area contributed by atoms with Gasteiger partial charge in [-0.1, -0.05) is 37.1 Å². The highest BCUT2D eigenvalue weighted by molar-refractivity contribution is 7.20. The van der Waals surface area contributed by atoms with Gasteiger partial charge in [0.25, 0.3) is 5.56 Å². The van der Waals surface area contributed by atoms with Crippen LogP contribution >= 0.6 is 11.3 Å². The molecular weight excluding hydrogens is 606 g/mol. The van der Waals surface area contributed by atoms with Gasteiger partial charge >= 0.3 is 11.9 Å². The van der Waals surface area contributed by atoms with E-state index in [4.69, 9.17) is 14.2 Å². The fraction of sp³-hybridized carbons (Fsp3) is 0.486. The van der Waals surface area contributed by atoms with Gasteiger partial charge in [0, 0.05) is 17.7 Å². The lowest BCUT2D eigenvalue weighted by atomic mass is 9.78. The van der Waals surface area contributed by atoms with E-state index in [1.165, 1.54) is 11.3 Å². The van der Waals surface area contributed by atoms with Crippen molar-refractivity contribution >= 4 is 50.0 Å². The number of ether oxygens (including phenoxy) is 3. The van der Waals surface area contributed by atoms with E-state index in [9.17, 15) is 19.2 Å². The van der Waals surface area contributed by atoms with Crippen molar-refractivity contribution in [2.24, 2.45) is 5.41 Å². The maximum Gasteiger partial charge on any atom is 0.324 e. The first kappa shape index (κ1) is 34.7. The third kappa shape index (κ3) is 8.57. The molecule has 0 saturated carbocycles. The number of esters is 2. The van der Waals surface area contributed by atoms with Gasteiger partial charge in [0.2, 0.25) is 0 Å². The molecule has 0 bridgehead atoms. The number of Topliss-reactive ketones (excluding diaryl/α,β-unsaturated/α-hetero) is 1. The van der Waals surface area contributed by atoms with Crippen LogP contribution in [0, 0.1) is 5.41 Å². The molecular formula is C35H43N3O7S. The number of fused-ring (bicyclic) bond motifs is 2. The summed E-state index contributed by atoms with van der Waals surface area (Å²) in [6, 6.07) is 14.2. The number of aromatic nitrogens is 3. The molecule has 246 valence electrons. The van der Waals surface area contributed by atoms with E-state index in [2.05, 4.69) is 17.2 Å². The summed E-state index contributed by atoms with van der Waals surface area (Å²) in [6.07, 6.45) is 2.32. The second kappa shape index (κ2) is 14.1. The molecule has 10 nitrogen and oxygen atoms in total. The summed E-state index contributed by atoms with van der Waals surface area (Å²) >= 11 is 1.26. The van der Waals surface area contributed by atoms with Crippen LogP contribution in [0.25, 0.3) is 21.0 Å². The molecule has 0 radical (unpaired) electrons. The second-order valence-corrected chi connectivity index (χ2v) is 14.5. The number of carbonyl (C=O) groups is 3. The lowest BCUT2D eigenvalue weighted by molar-refractivity contribution is -0.186. The molecule has 0 atom stereocenters. The number of aryl methyl sites for hydroxylation is 1. The monoisotopic (exact) mass is 649 g/mol. The smallest absolute Gasteiger partial charge is 0.324 e. The maximum atomic E-state index is 14.0. The van der Waals surface area contributed by atoms with Crippen molar-refractivity contribution in [3.8, 4) is 5.75 Å². The quantitative estimate of drug-likeness (QED) is 0.0657. The highest BCUT2D eigenvalue weighted by Gasteiger charge is 2.52. The molecule has 0 aliphatic heterocycles. The number of hydrogen-bond acceptors (Lipinski definition) is 10. The molecule has 4 rings (SSSR count). The van der Waals surface area contributed by atoms with Crippen molar-refractivity contribution in [2.45, 2.75) is 98.3 Å². The minimum absolute atomic E-state index is 0.187. The normalized spacial score (nSPS) is 12.3. The molecule has 0 fully saturated rings.